The Morgan fingerprint density at radius 3 is 2.64 bits per heavy atom. The van der Waals surface area contributed by atoms with Crippen molar-refractivity contribution in [2.24, 2.45) is 0 Å². The summed E-state index contributed by atoms with van der Waals surface area (Å²) in [6.07, 6.45) is -0.703. The van der Waals surface area contributed by atoms with E-state index in [0.29, 0.717) is 29.2 Å². The number of rotatable bonds is 4. The van der Waals surface area contributed by atoms with E-state index in [9.17, 15) is 5.11 Å². The minimum absolute atomic E-state index is 0.335. The summed E-state index contributed by atoms with van der Waals surface area (Å²) < 4.78 is 7.66. The lowest BCUT2D eigenvalue weighted by atomic mass is 10.2. The van der Waals surface area contributed by atoms with Crippen LogP contribution < -0.4 is 0 Å². The molecule has 0 saturated heterocycles. The molecule has 25 heavy (non-hydrogen) atoms. The molecule has 2 heterocycles. The molecule has 4 rings (SSSR count). The highest BCUT2D eigenvalue weighted by Gasteiger charge is 2.17. The predicted octanol–water partition coefficient (Wildman–Crippen LogP) is 3.84. The van der Waals surface area contributed by atoms with Crippen molar-refractivity contribution in [1.29, 1.82) is 0 Å². The standard InChI is InChI=1S/C18H15ClN4O2/c1-11(24)17-20-14-4-2-3-5-15(14)23(17)10-16-21-22-18(25-16)12-6-8-13(19)9-7-12/h2-9,11,24H,10H2,1H3/t11-/m1/s1. The van der Waals surface area contributed by atoms with Crippen LogP contribution in [0.2, 0.25) is 5.02 Å². The number of aliphatic hydroxyl groups is 1. The summed E-state index contributed by atoms with van der Waals surface area (Å²) in [5.41, 5.74) is 2.52. The lowest BCUT2D eigenvalue weighted by Crippen LogP contribution is -2.08. The van der Waals surface area contributed by atoms with Gasteiger partial charge in [-0.3, -0.25) is 0 Å². The van der Waals surface area contributed by atoms with Crippen molar-refractivity contribution in [3.63, 3.8) is 0 Å². The van der Waals surface area contributed by atoms with E-state index in [4.69, 9.17) is 16.0 Å². The van der Waals surface area contributed by atoms with Crippen molar-refractivity contribution in [1.82, 2.24) is 19.7 Å². The van der Waals surface area contributed by atoms with Gasteiger partial charge in [-0.2, -0.15) is 0 Å². The van der Waals surface area contributed by atoms with Crippen molar-refractivity contribution in [2.45, 2.75) is 19.6 Å². The summed E-state index contributed by atoms with van der Waals surface area (Å²) in [5, 5.41) is 18.9. The molecule has 0 radical (unpaired) electrons. The quantitative estimate of drug-likeness (QED) is 0.602. The van der Waals surface area contributed by atoms with Crippen LogP contribution in [0.1, 0.15) is 24.7 Å². The fraction of sp³-hybridized carbons (Fsp3) is 0.167. The van der Waals surface area contributed by atoms with E-state index >= 15 is 0 Å². The number of fused-ring (bicyclic) bond motifs is 1. The van der Waals surface area contributed by atoms with E-state index in [-0.39, 0.29) is 0 Å². The van der Waals surface area contributed by atoms with Gasteiger partial charge in [-0.25, -0.2) is 4.98 Å². The summed E-state index contributed by atoms with van der Waals surface area (Å²) in [7, 11) is 0. The zero-order valence-corrected chi connectivity index (χ0v) is 14.2. The first-order chi connectivity index (χ1) is 12.1. The molecule has 1 N–H and O–H groups in total. The molecule has 4 aromatic rings. The van der Waals surface area contributed by atoms with Gasteiger partial charge in [0.15, 0.2) is 0 Å². The van der Waals surface area contributed by atoms with Gasteiger partial charge in [0.1, 0.15) is 18.5 Å². The van der Waals surface area contributed by atoms with Crippen LogP contribution in [-0.2, 0) is 6.54 Å². The third-order valence-electron chi connectivity index (χ3n) is 3.91. The van der Waals surface area contributed by atoms with Gasteiger partial charge in [0.25, 0.3) is 0 Å². The molecule has 0 spiro atoms. The third kappa shape index (κ3) is 3.01. The summed E-state index contributed by atoms with van der Waals surface area (Å²) in [6, 6.07) is 14.9. The molecule has 126 valence electrons. The van der Waals surface area contributed by atoms with E-state index in [1.807, 2.05) is 41.0 Å². The van der Waals surface area contributed by atoms with Crippen molar-refractivity contribution >= 4 is 22.6 Å². The summed E-state index contributed by atoms with van der Waals surface area (Å²) >= 11 is 5.90. The lowest BCUT2D eigenvalue weighted by molar-refractivity contribution is 0.184. The molecule has 2 aromatic heterocycles. The zero-order chi connectivity index (χ0) is 17.4. The number of aromatic nitrogens is 4. The largest absolute Gasteiger partial charge is 0.419 e. The topological polar surface area (TPSA) is 77.0 Å². The highest BCUT2D eigenvalue weighted by Crippen LogP contribution is 2.24. The Kier molecular flexibility index (Phi) is 3.99. The van der Waals surface area contributed by atoms with Crippen LogP contribution in [0.25, 0.3) is 22.5 Å². The van der Waals surface area contributed by atoms with Crippen LogP contribution >= 0.6 is 11.6 Å². The smallest absolute Gasteiger partial charge is 0.247 e. The molecular weight excluding hydrogens is 340 g/mol. The Labute approximate surface area is 148 Å². The third-order valence-corrected chi connectivity index (χ3v) is 4.16. The highest BCUT2D eigenvalue weighted by atomic mass is 35.5. The average molecular weight is 355 g/mol. The van der Waals surface area contributed by atoms with Crippen LogP contribution in [0.5, 0.6) is 0 Å². The van der Waals surface area contributed by atoms with Crippen LogP contribution in [0, 0.1) is 0 Å². The summed E-state index contributed by atoms with van der Waals surface area (Å²) in [5.74, 6) is 1.43. The van der Waals surface area contributed by atoms with E-state index in [1.165, 1.54) is 0 Å². The Hall–Kier alpha value is -2.70. The Morgan fingerprint density at radius 2 is 1.88 bits per heavy atom. The maximum Gasteiger partial charge on any atom is 0.247 e. The molecule has 2 aromatic carbocycles. The number of nitrogens with zero attached hydrogens (tertiary/aromatic N) is 4. The average Bonchev–Trinajstić information content (AvgIpc) is 3.21. The Bertz CT molecular complexity index is 1020. The number of halogens is 1. The monoisotopic (exact) mass is 354 g/mol. The van der Waals surface area contributed by atoms with E-state index < -0.39 is 6.10 Å². The predicted molar refractivity (Wildman–Crippen MR) is 94.2 cm³/mol. The SMILES string of the molecule is C[C@@H](O)c1nc2ccccc2n1Cc1nnc(-c2ccc(Cl)cc2)o1. The number of benzene rings is 2. The first-order valence-electron chi connectivity index (χ1n) is 7.83. The molecule has 0 fully saturated rings. The molecule has 0 aliphatic heterocycles. The molecule has 0 unspecified atom stereocenters. The van der Waals surface area contributed by atoms with Gasteiger partial charge in [-0.05, 0) is 43.3 Å². The molecule has 6 nitrogen and oxygen atoms in total. The van der Waals surface area contributed by atoms with E-state index in [1.54, 1.807) is 19.1 Å². The van der Waals surface area contributed by atoms with Crippen molar-refractivity contribution in [3.8, 4) is 11.5 Å². The number of hydrogen-bond acceptors (Lipinski definition) is 5. The second-order valence-electron chi connectivity index (χ2n) is 5.73. The molecule has 7 heteroatoms. The number of hydrogen-bond donors (Lipinski definition) is 1. The zero-order valence-electron chi connectivity index (χ0n) is 13.4. The fourth-order valence-corrected chi connectivity index (χ4v) is 2.87. The van der Waals surface area contributed by atoms with Gasteiger partial charge >= 0.3 is 0 Å². The van der Waals surface area contributed by atoms with Crippen LogP contribution in [-0.4, -0.2) is 24.9 Å². The molecule has 0 aliphatic rings. The van der Waals surface area contributed by atoms with Crippen LogP contribution in [0.4, 0.5) is 0 Å². The Balaban J connectivity index is 1.70. The van der Waals surface area contributed by atoms with Gasteiger partial charge in [0, 0.05) is 10.6 Å². The van der Waals surface area contributed by atoms with Gasteiger partial charge in [-0.1, -0.05) is 23.7 Å². The maximum atomic E-state index is 10.0. The van der Waals surface area contributed by atoms with E-state index in [2.05, 4.69) is 15.2 Å². The molecule has 0 amide bonds. The van der Waals surface area contributed by atoms with Crippen LogP contribution in [0.3, 0.4) is 0 Å². The van der Waals surface area contributed by atoms with E-state index in [0.717, 1.165) is 16.6 Å². The molecule has 0 bridgehead atoms. The normalized spacial score (nSPS) is 12.6. The summed E-state index contributed by atoms with van der Waals surface area (Å²) in [4.78, 5) is 4.49. The number of imidazole rings is 1. The minimum Gasteiger partial charge on any atom is -0.419 e. The molecule has 1 atom stereocenters. The van der Waals surface area contributed by atoms with Crippen molar-refractivity contribution in [2.75, 3.05) is 0 Å². The first kappa shape index (κ1) is 15.8. The van der Waals surface area contributed by atoms with Crippen LogP contribution in [0.15, 0.2) is 52.9 Å². The molecular formula is C18H15ClN4O2. The second-order valence-corrected chi connectivity index (χ2v) is 6.17. The van der Waals surface area contributed by atoms with Gasteiger partial charge in [0.2, 0.25) is 11.8 Å². The Morgan fingerprint density at radius 1 is 1.12 bits per heavy atom. The summed E-state index contributed by atoms with van der Waals surface area (Å²) in [6.45, 7) is 2.02. The number of para-hydroxylation sites is 2. The molecule has 0 aliphatic carbocycles. The van der Waals surface area contributed by atoms with Gasteiger partial charge in [-0.15, -0.1) is 10.2 Å². The van der Waals surface area contributed by atoms with Gasteiger partial charge < -0.3 is 14.1 Å². The molecule has 0 saturated carbocycles. The minimum atomic E-state index is -0.703. The van der Waals surface area contributed by atoms with Gasteiger partial charge in [0.05, 0.1) is 11.0 Å². The number of aliphatic hydroxyl groups excluding tert-OH is 1. The lowest BCUT2D eigenvalue weighted by Gasteiger charge is -2.08. The van der Waals surface area contributed by atoms with Crippen molar-refractivity contribution in [3.05, 3.63) is 65.3 Å². The maximum absolute atomic E-state index is 10.0. The highest BCUT2D eigenvalue weighted by molar-refractivity contribution is 6.30. The first-order valence-corrected chi connectivity index (χ1v) is 8.21. The van der Waals surface area contributed by atoms with Crippen molar-refractivity contribution < 1.29 is 9.52 Å². The fourth-order valence-electron chi connectivity index (χ4n) is 2.74. The second kappa shape index (κ2) is 6.31.